The Hall–Kier alpha value is -0.910. The van der Waals surface area contributed by atoms with Gasteiger partial charge >= 0.3 is 0 Å². The topological polar surface area (TPSA) is 38.8 Å². The largest absolute Gasteiger partial charge is 0.370 e. The van der Waals surface area contributed by atoms with Crippen LogP contribution in [0.25, 0.3) is 0 Å². The number of nitrogens with zero attached hydrogens (tertiary/aromatic N) is 1. The second-order valence-electron chi connectivity index (χ2n) is 5.38. The van der Waals surface area contributed by atoms with Crippen LogP contribution in [0.15, 0.2) is 28.7 Å². The summed E-state index contributed by atoms with van der Waals surface area (Å²) in [5, 5.41) is 0. The number of halogens is 1. The minimum Gasteiger partial charge on any atom is -0.370 e. The van der Waals surface area contributed by atoms with Crippen LogP contribution in [-0.4, -0.2) is 43.2 Å². The number of morpholine rings is 1. The molecule has 1 amide bonds. The van der Waals surface area contributed by atoms with Gasteiger partial charge in [0.1, 0.15) is 11.7 Å². The average Bonchev–Trinajstić information content (AvgIpc) is 2.46. The van der Waals surface area contributed by atoms with E-state index in [0.717, 1.165) is 10.0 Å². The van der Waals surface area contributed by atoms with Crippen LogP contribution in [0.5, 0.6) is 0 Å². The third kappa shape index (κ3) is 3.40. The molecule has 0 aromatic heterocycles. The van der Waals surface area contributed by atoms with Crippen LogP contribution >= 0.6 is 15.9 Å². The van der Waals surface area contributed by atoms with Crippen LogP contribution in [0, 0.1) is 0 Å². The second kappa shape index (κ2) is 6.24. The van der Waals surface area contributed by atoms with Gasteiger partial charge < -0.3 is 14.4 Å². The molecule has 1 atom stereocenters. The molecule has 0 aliphatic carbocycles. The lowest BCUT2D eigenvalue weighted by molar-refractivity contribution is -0.158. The minimum absolute atomic E-state index is 0.00305. The van der Waals surface area contributed by atoms with Crippen molar-refractivity contribution in [2.45, 2.75) is 25.6 Å². The smallest absolute Gasteiger partial charge is 0.254 e. The predicted molar refractivity (Wildman–Crippen MR) is 80.5 cm³/mol. The fraction of sp³-hybridized carbons (Fsp3) is 0.533. The van der Waals surface area contributed by atoms with Crippen LogP contribution in [0.2, 0.25) is 0 Å². The molecule has 0 unspecified atom stereocenters. The average molecular weight is 342 g/mol. The summed E-state index contributed by atoms with van der Waals surface area (Å²) in [6.07, 6.45) is -0.0853. The summed E-state index contributed by atoms with van der Waals surface area (Å²) in [5.41, 5.74) is 0.284. The molecule has 1 aliphatic rings. The summed E-state index contributed by atoms with van der Waals surface area (Å²) >= 11 is 3.46. The molecule has 110 valence electrons. The van der Waals surface area contributed by atoms with Gasteiger partial charge in [0.2, 0.25) is 0 Å². The number of hydrogen-bond donors (Lipinski definition) is 0. The molecule has 0 bridgehead atoms. The quantitative estimate of drug-likeness (QED) is 0.848. The summed E-state index contributed by atoms with van der Waals surface area (Å²) in [6.45, 7) is 5.29. The molecular weight excluding hydrogens is 322 g/mol. The van der Waals surface area contributed by atoms with E-state index >= 15 is 0 Å². The third-order valence-electron chi connectivity index (χ3n) is 3.60. The van der Waals surface area contributed by atoms with Gasteiger partial charge in [0, 0.05) is 18.1 Å². The Morgan fingerprint density at radius 1 is 1.50 bits per heavy atom. The highest BCUT2D eigenvalue weighted by Gasteiger charge is 2.35. The van der Waals surface area contributed by atoms with Crippen molar-refractivity contribution in [2.24, 2.45) is 0 Å². The first-order chi connectivity index (χ1) is 9.44. The summed E-state index contributed by atoms with van der Waals surface area (Å²) in [5.74, 6) is 0.00305. The Balaban J connectivity index is 2.11. The van der Waals surface area contributed by atoms with Crippen molar-refractivity contribution in [1.29, 1.82) is 0 Å². The van der Waals surface area contributed by atoms with Crippen LogP contribution in [0.3, 0.4) is 0 Å². The molecule has 1 heterocycles. The van der Waals surface area contributed by atoms with Crippen molar-refractivity contribution >= 4 is 21.8 Å². The maximum absolute atomic E-state index is 12.4. The molecule has 1 aromatic carbocycles. The van der Waals surface area contributed by atoms with E-state index in [2.05, 4.69) is 15.9 Å². The molecule has 1 aliphatic heterocycles. The Kier molecular flexibility index (Phi) is 4.83. The number of carbonyl (C=O) groups excluding carboxylic acids is 1. The minimum atomic E-state index is -0.792. The SMILES string of the molecule is COC(C)(C)C(=O)N1CCO[C@@H](c2cccc(Br)c2)C1. The van der Waals surface area contributed by atoms with Crippen molar-refractivity contribution in [2.75, 3.05) is 26.8 Å². The molecule has 0 saturated carbocycles. The van der Waals surface area contributed by atoms with E-state index in [0.29, 0.717) is 19.7 Å². The van der Waals surface area contributed by atoms with Gasteiger partial charge in [-0.3, -0.25) is 4.79 Å². The van der Waals surface area contributed by atoms with Crippen LogP contribution < -0.4 is 0 Å². The van der Waals surface area contributed by atoms with E-state index < -0.39 is 5.60 Å². The number of methoxy groups -OCH3 is 1. The van der Waals surface area contributed by atoms with Crippen LogP contribution in [0.4, 0.5) is 0 Å². The standard InChI is InChI=1S/C15H20BrNO3/c1-15(2,19-3)14(18)17-7-8-20-13(10-17)11-5-4-6-12(16)9-11/h4-6,9,13H,7-8,10H2,1-3H3/t13-/m1/s1. The first kappa shape index (κ1) is 15.5. The lowest BCUT2D eigenvalue weighted by atomic mass is 10.0. The zero-order valence-corrected chi connectivity index (χ0v) is 13.6. The van der Waals surface area contributed by atoms with E-state index in [1.165, 1.54) is 0 Å². The molecule has 0 radical (unpaired) electrons. The highest BCUT2D eigenvalue weighted by atomic mass is 79.9. The van der Waals surface area contributed by atoms with Gasteiger partial charge in [0.25, 0.3) is 5.91 Å². The summed E-state index contributed by atoms with van der Waals surface area (Å²) in [6, 6.07) is 8.00. The Labute approximate surface area is 128 Å². The van der Waals surface area contributed by atoms with E-state index in [1.54, 1.807) is 21.0 Å². The highest BCUT2D eigenvalue weighted by molar-refractivity contribution is 9.10. The van der Waals surface area contributed by atoms with Crippen molar-refractivity contribution in [1.82, 2.24) is 4.90 Å². The molecule has 4 nitrogen and oxygen atoms in total. The Morgan fingerprint density at radius 2 is 2.25 bits per heavy atom. The van der Waals surface area contributed by atoms with E-state index in [1.807, 2.05) is 29.2 Å². The fourth-order valence-electron chi connectivity index (χ4n) is 2.21. The maximum Gasteiger partial charge on any atom is 0.254 e. The molecule has 1 aromatic rings. The van der Waals surface area contributed by atoms with Crippen molar-refractivity contribution in [3.05, 3.63) is 34.3 Å². The number of amides is 1. The number of rotatable bonds is 3. The monoisotopic (exact) mass is 341 g/mol. The number of benzene rings is 1. The van der Waals surface area contributed by atoms with Crippen LogP contribution in [-0.2, 0) is 14.3 Å². The van der Waals surface area contributed by atoms with E-state index in [4.69, 9.17) is 9.47 Å². The van der Waals surface area contributed by atoms with Gasteiger partial charge in [-0.15, -0.1) is 0 Å². The van der Waals surface area contributed by atoms with Crippen molar-refractivity contribution in [3.63, 3.8) is 0 Å². The van der Waals surface area contributed by atoms with Crippen LogP contribution in [0.1, 0.15) is 25.5 Å². The third-order valence-corrected chi connectivity index (χ3v) is 4.09. The molecule has 5 heteroatoms. The van der Waals surface area contributed by atoms with Gasteiger partial charge in [-0.2, -0.15) is 0 Å². The number of ether oxygens (including phenoxy) is 2. The molecule has 0 N–H and O–H groups in total. The maximum atomic E-state index is 12.4. The summed E-state index contributed by atoms with van der Waals surface area (Å²) < 4.78 is 12.1. The molecular formula is C15H20BrNO3. The molecule has 1 fully saturated rings. The Bertz CT molecular complexity index is 490. The van der Waals surface area contributed by atoms with Crippen molar-refractivity contribution in [3.8, 4) is 0 Å². The van der Waals surface area contributed by atoms with E-state index in [-0.39, 0.29) is 12.0 Å². The van der Waals surface area contributed by atoms with E-state index in [9.17, 15) is 4.79 Å². The zero-order valence-electron chi connectivity index (χ0n) is 12.1. The van der Waals surface area contributed by atoms with Gasteiger partial charge in [-0.05, 0) is 31.5 Å². The van der Waals surface area contributed by atoms with Crippen molar-refractivity contribution < 1.29 is 14.3 Å². The van der Waals surface area contributed by atoms with Gasteiger partial charge in [-0.25, -0.2) is 0 Å². The molecule has 20 heavy (non-hydrogen) atoms. The predicted octanol–water partition coefficient (Wildman–Crippen LogP) is 2.77. The van der Waals surface area contributed by atoms with Gasteiger partial charge in [0.15, 0.2) is 0 Å². The molecule has 1 saturated heterocycles. The normalized spacial score (nSPS) is 20.0. The lowest BCUT2D eigenvalue weighted by Crippen LogP contribution is -2.51. The highest BCUT2D eigenvalue weighted by Crippen LogP contribution is 2.26. The fourth-order valence-corrected chi connectivity index (χ4v) is 2.63. The second-order valence-corrected chi connectivity index (χ2v) is 6.30. The summed E-state index contributed by atoms with van der Waals surface area (Å²) in [4.78, 5) is 14.2. The zero-order chi connectivity index (χ0) is 14.8. The van der Waals surface area contributed by atoms with Gasteiger partial charge in [-0.1, -0.05) is 28.1 Å². The Morgan fingerprint density at radius 3 is 2.90 bits per heavy atom. The van der Waals surface area contributed by atoms with Gasteiger partial charge in [0.05, 0.1) is 13.2 Å². The number of carbonyl (C=O) groups is 1. The molecule has 2 rings (SSSR count). The lowest BCUT2D eigenvalue weighted by Gasteiger charge is -2.37. The number of hydrogen-bond acceptors (Lipinski definition) is 3. The molecule has 0 spiro atoms. The summed E-state index contributed by atoms with van der Waals surface area (Å²) in [7, 11) is 1.56. The first-order valence-electron chi connectivity index (χ1n) is 6.65. The first-order valence-corrected chi connectivity index (χ1v) is 7.45.